The van der Waals surface area contributed by atoms with E-state index in [2.05, 4.69) is 66.3 Å². The van der Waals surface area contributed by atoms with Crippen LogP contribution < -0.4 is 5.32 Å². The van der Waals surface area contributed by atoms with Crippen molar-refractivity contribution in [2.75, 3.05) is 39.8 Å². The summed E-state index contributed by atoms with van der Waals surface area (Å²) in [5.74, 6) is 0. The highest BCUT2D eigenvalue weighted by Crippen LogP contribution is 2.18. The van der Waals surface area contributed by atoms with Crippen LogP contribution in [0.1, 0.15) is 38.3 Å². The molecule has 0 aromatic heterocycles. The van der Waals surface area contributed by atoms with Crippen LogP contribution >= 0.6 is 0 Å². The van der Waals surface area contributed by atoms with Crippen LogP contribution in [0.4, 0.5) is 0 Å². The molecule has 1 aliphatic heterocycles. The quantitative estimate of drug-likeness (QED) is 0.869. The third kappa shape index (κ3) is 5.10. The fraction of sp³-hybridized carbons (Fsp3) is 0.667. The highest BCUT2D eigenvalue weighted by molar-refractivity contribution is 5.18. The van der Waals surface area contributed by atoms with Gasteiger partial charge in [0.2, 0.25) is 0 Å². The third-order valence-corrected chi connectivity index (χ3v) is 4.54. The molecular weight excluding hydrogens is 258 g/mol. The first-order valence-corrected chi connectivity index (χ1v) is 8.41. The van der Waals surface area contributed by atoms with E-state index in [-0.39, 0.29) is 0 Å². The van der Waals surface area contributed by atoms with Gasteiger partial charge in [-0.15, -0.1) is 0 Å². The van der Waals surface area contributed by atoms with Crippen molar-refractivity contribution in [3.05, 3.63) is 35.9 Å². The lowest BCUT2D eigenvalue weighted by molar-refractivity contribution is 0.193. The molecule has 1 aromatic carbocycles. The molecule has 0 amide bonds. The van der Waals surface area contributed by atoms with E-state index >= 15 is 0 Å². The second-order valence-corrected chi connectivity index (χ2v) is 6.31. The van der Waals surface area contributed by atoms with Gasteiger partial charge in [0.05, 0.1) is 0 Å². The van der Waals surface area contributed by atoms with Crippen LogP contribution in [0, 0.1) is 0 Å². The fourth-order valence-corrected chi connectivity index (χ4v) is 3.37. The third-order valence-electron chi connectivity index (χ3n) is 4.54. The number of likely N-dealkylation sites (N-methyl/N-ethyl adjacent to an activating group) is 1. The van der Waals surface area contributed by atoms with Crippen LogP contribution in [0.2, 0.25) is 0 Å². The molecule has 0 radical (unpaired) electrons. The molecule has 0 saturated carbocycles. The van der Waals surface area contributed by atoms with E-state index < -0.39 is 0 Å². The van der Waals surface area contributed by atoms with Crippen molar-refractivity contribution >= 4 is 0 Å². The Morgan fingerprint density at radius 1 is 1.24 bits per heavy atom. The Balaban J connectivity index is 1.92. The maximum atomic E-state index is 3.64. The molecule has 1 saturated heterocycles. The number of hydrogen-bond donors (Lipinski definition) is 1. The predicted octanol–water partition coefficient (Wildman–Crippen LogP) is 2.75. The molecule has 1 fully saturated rings. The molecule has 118 valence electrons. The lowest BCUT2D eigenvalue weighted by Crippen LogP contribution is -2.39. The first-order valence-electron chi connectivity index (χ1n) is 8.41. The largest absolute Gasteiger partial charge is 0.310 e. The van der Waals surface area contributed by atoms with E-state index in [1.807, 2.05) is 0 Å². The molecule has 1 heterocycles. The van der Waals surface area contributed by atoms with Crippen molar-refractivity contribution < 1.29 is 0 Å². The zero-order valence-corrected chi connectivity index (χ0v) is 13.9. The molecule has 0 aliphatic carbocycles. The van der Waals surface area contributed by atoms with Gasteiger partial charge in [0.15, 0.2) is 0 Å². The van der Waals surface area contributed by atoms with E-state index in [0.717, 1.165) is 6.54 Å². The van der Waals surface area contributed by atoms with Gasteiger partial charge in [-0.1, -0.05) is 37.3 Å². The Hall–Kier alpha value is -0.900. The van der Waals surface area contributed by atoms with Crippen LogP contribution in [0.25, 0.3) is 0 Å². The molecule has 0 bridgehead atoms. The van der Waals surface area contributed by atoms with Gasteiger partial charge in [0.1, 0.15) is 0 Å². The topological polar surface area (TPSA) is 18.5 Å². The van der Waals surface area contributed by atoms with Gasteiger partial charge in [-0.05, 0) is 52.0 Å². The second-order valence-electron chi connectivity index (χ2n) is 6.31. The highest BCUT2D eigenvalue weighted by atomic mass is 15.2. The summed E-state index contributed by atoms with van der Waals surface area (Å²) in [4.78, 5) is 5.13. The zero-order chi connectivity index (χ0) is 15.1. The summed E-state index contributed by atoms with van der Waals surface area (Å²) in [7, 11) is 2.24. The van der Waals surface area contributed by atoms with Crippen molar-refractivity contribution in [3.8, 4) is 0 Å². The average Bonchev–Trinajstić information content (AvgIpc) is 2.65. The molecule has 1 aromatic rings. The lowest BCUT2D eigenvalue weighted by atomic mass is 10.0. The number of rotatable bonds is 6. The van der Waals surface area contributed by atoms with E-state index in [1.54, 1.807) is 0 Å². The van der Waals surface area contributed by atoms with Gasteiger partial charge in [0.25, 0.3) is 0 Å². The second kappa shape index (κ2) is 8.52. The molecular formula is C18H31N3. The zero-order valence-electron chi connectivity index (χ0n) is 13.9. The summed E-state index contributed by atoms with van der Waals surface area (Å²) >= 11 is 0. The van der Waals surface area contributed by atoms with Crippen molar-refractivity contribution in [2.24, 2.45) is 0 Å². The Bertz CT molecular complexity index is 393. The average molecular weight is 289 g/mol. The van der Waals surface area contributed by atoms with Gasteiger partial charge < -0.3 is 10.2 Å². The molecule has 3 nitrogen and oxygen atoms in total. The Morgan fingerprint density at radius 2 is 2.00 bits per heavy atom. The SMILES string of the molecule is CCNC(CCN1CCCN(C)CC1C)c1ccccc1. The molecule has 3 heteroatoms. The summed E-state index contributed by atoms with van der Waals surface area (Å²) in [5, 5.41) is 3.64. The van der Waals surface area contributed by atoms with E-state index in [9.17, 15) is 0 Å². The number of benzene rings is 1. The summed E-state index contributed by atoms with van der Waals surface area (Å²) in [6.07, 6.45) is 2.48. The fourth-order valence-electron chi connectivity index (χ4n) is 3.37. The molecule has 1 N–H and O–H groups in total. The van der Waals surface area contributed by atoms with Gasteiger partial charge >= 0.3 is 0 Å². The van der Waals surface area contributed by atoms with Gasteiger partial charge in [-0.3, -0.25) is 4.90 Å². The Morgan fingerprint density at radius 3 is 2.71 bits per heavy atom. The minimum atomic E-state index is 0.476. The number of nitrogens with zero attached hydrogens (tertiary/aromatic N) is 2. The van der Waals surface area contributed by atoms with Gasteiger partial charge in [-0.2, -0.15) is 0 Å². The first kappa shape index (κ1) is 16.5. The summed E-state index contributed by atoms with van der Waals surface area (Å²) < 4.78 is 0. The van der Waals surface area contributed by atoms with Crippen molar-refractivity contribution in [3.63, 3.8) is 0 Å². The van der Waals surface area contributed by atoms with Crippen LogP contribution in [0.5, 0.6) is 0 Å². The lowest BCUT2D eigenvalue weighted by Gasteiger charge is -2.30. The minimum absolute atomic E-state index is 0.476. The molecule has 1 aliphatic rings. The maximum Gasteiger partial charge on any atom is 0.0332 e. The monoisotopic (exact) mass is 289 g/mol. The maximum absolute atomic E-state index is 3.64. The summed E-state index contributed by atoms with van der Waals surface area (Å²) in [6, 6.07) is 12.0. The van der Waals surface area contributed by atoms with Crippen molar-refractivity contribution in [1.82, 2.24) is 15.1 Å². The molecule has 0 spiro atoms. The van der Waals surface area contributed by atoms with E-state index in [1.165, 1.54) is 44.6 Å². The van der Waals surface area contributed by atoms with E-state index in [4.69, 9.17) is 0 Å². The molecule has 2 atom stereocenters. The smallest absolute Gasteiger partial charge is 0.0332 e. The van der Waals surface area contributed by atoms with E-state index in [0.29, 0.717) is 12.1 Å². The molecule has 2 rings (SSSR count). The summed E-state index contributed by atoms with van der Waals surface area (Å²) in [5.41, 5.74) is 1.42. The standard InChI is InChI=1S/C18H31N3/c1-4-19-18(17-9-6-5-7-10-17)11-14-21-13-8-12-20(3)15-16(21)2/h5-7,9-10,16,18-19H,4,8,11-15H2,1-3H3. The Labute approximate surface area is 130 Å². The predicted molar refractivity (Wildman–Crippen MR) is 90.6 cm³/mol. The normalized spacial score (nSPS) is 22.9. The number of nitrogens with one attached hydrogen (secondary N) is 1. The first-order chi connectivity index (χ1) is 10.2. The minimum Gasteiger partial charge on any atom is -0.310 e. The van der Waals surface area contributed by atoms with Gasteiger partial charge in [0, 0.05) is 25.2 Å². The van der Waals surface area contributed by atoms with Crippen molar-refractivity contribution in [1.29, 1.82) is 0 Å². The highest BCUT2D eigenvalue weighted by Gasteiger charge is 2.20. The number of hydrogen-bond acceptors (Lipinski definition) is 3. The molecule has 21 heavy (non-hydrogen) atoms. The van der Waals surface area contributed by atoms with Crippen LogP contribution in [-0.4, -0.2) is 55.6 Å². The van der Waals surface area contributed by atoms with Gasteiger partial charge in [-0.25, -0.2) is 0 Å². The summed E-state index contributed by atoms with van der Waals surface area (Å²) in [6.45, 7) is 10.4. The van der Waals surface area contributed by atoms with Crippen LogP contribution in [0.3, 0.4) is 0 Å². The van der Waals surface area contributed by atoms with Crippen molar-refractivity contribution in [2.45, 2.75) is 38.8 Å². The molecule has 2 unspecified atom stereocenters. The van der Waals surface area contributed by atoms with Crippen LogP contribution in [0.15, 0.2) is 30.3 Å². The van der Waals surface area contributed by atoms with Crippen LogP contribution in [-0.2, 0) is 0 Å². The Kier molecular flexibility index (Phi) is 6.68.